The summed E-state index contributed by atoms with van der Waals surface area (Å²) in [5, 5.41) is 10.5. The van der Waals surface area contributed by atoms with Crippen molar-refractivity contribution >= 4 is 11.6 Å². The van der Waals surface area contributed by atoms with Crippen molar-refractivity contribution in [2.75, 3.05) is 5.32 Å². The zero-order chi connectivity index (χ0) is 11.5. The highest BCUT2D eigenvalue weighted by Gasteiger charge is 2.43. The number of amides is 1. The molecule has 0 saturated heterocycles. The molecule has 1 amide bonds. The second kappa shape index (κ2) is 4.31. The maximum atomic E-state index is 11.9. The zero-order valence-electron chi connectivity index (χ0n) is 7.45. The molecule has 1 rings (SSSR count). The van der Waals surface area contributed by atoms with Crippen molar-refractivity contribution in [3.05, 3.63) is 30.3 Å². The lowest BCUT2D eigenvalue weighted by molar-refractivity contribution is -0.202. The Morgan fingerprint density at radius 1 is 1.27 bits per heavy atom. The minimum Gasteiger partial charge on any atom is -0.376 e. The third-order valence-electron chi connectivity index (χ3n) is 1.60. The second-order valence-electron chi connectivity index (χ2n) is 2.80. The molecule has 0 aliphatic heterocycles. The van der Waals surface area contributed by atoms with Crippen molar-refractivity contribution in [1.82, 2.24) is 0 Å². The molecule has 3 nitrogen and oxygen atoms in total. The van der Waals surface area contributed by atoms with Crippen molar-refractivity contribution < 1.29 is 23.1 Å². The lowest BCUT2D eigenvalue weighted by Gasteiger charge is -2.13. The number of hydrogen-bond donors (Lipinski definition) is 2. The Morgan fingerprint density at radius 3 is 2.27 bits per heavy atom. The number of halogens is 3. The van der Waals surface area contributed by atoms with Crippen LogP contribution < -0.4 is 5.32 Å². The Balaban J connectivity index is 2.65. The number of anilines is 1. The number of aliphatic hydroxyl groups excluding tert-OH is 1. The Labute approximate surface area is 83.5 Å². The highest BCUT2D eigenvalue weighted by atomic mass is 19.4. The fraction of sp³-hybridized carbons (Fsp3) is 0.222. The van der Waals surface area contributed by atoms with Gasteiger partial charge in [0.25, 0.3) is 5.91 Å². The van der Waals surface area contributed by atoms with Crippen LogP contribution in [0.4, 0.5) is 18.9 Å². The molecule has 0 spiro atoms. The number of alkyl halides is 3. The molecule has 2 N–H and O–H groups in total. The standard InChI is InChI=1S/C9H8F3NO2/c10-9(11,12)7(14)8(15)13-6-4-2-1-3-5-6/h1-5,7,14H,(H,13,15)/t7-/m0/s1. The molecular weight excluding hydrogens is 211 g/mol. The van der Waals surface area contributed by atoms with Crippen LogP contribution >= 0.6 is 0 Å². The topological polar surface area (TPSA) is 49.3 Å². The van der Waals surface area contributed by atoms with E-state index >= 15 is 0 Å². The smallest absolute Gasteiger partial charge is 0.376 e. The summed E-state index contributed by atoms with van der Waals surface area (Å²) in [7, 11) is 0. The van der Waals surface area contributed by atoms with E-state index in [1.54, 1.807) is 18.2 Å². The molecule has 0 aliphatic rings. The summed E-state index contributed by atoms with van der Waals surface area (Å²) in [4.78, 5) is 10.9. The van der Waals surface area contributed by atoms with E-state index < -0.39 is 18.2 Å². The van der Waals surface area contributed by atoms with Crippen molar-refractivity contribution in [3.63, 3.8) is 0 Å². The van der Waals surface area contributed by atoms with Crippen molar-refractivity contribution in [2.45, 2.75) is 12.3 Å². The molecule has 1 atom stereocenters. The van der Waals surface area contributed by atoms with Gasteiger partial charge in [0.2, 0.25) is 6.10 Å². The SMILES string of the molecule is O=C(Nc1ccccc1)[C@H](O)C(F)(F)F. The molecule has 6 heteroatoms. The van der Waals surface area contributed by atoms with Crippen LogP contribution in [0.5, 0.6) is 0 Å². The van der Waals surface area contributed by atoms with E-state index in [9.17, 15) is 18.0 Å². The van der Waals surface area contributed by atoms with Crippen LogP contribution in [0.2, 0.25) is 0 Å². The Kier molecular flexibility index (Phi) is 3.31. The zero-order valence-corrected chi connectivity index (χ0v) is 7.45. The summed E-state index contributed by atoms with van der Waals surface area (Å²) in [6.45, 7) is 0. The predicted octanol–water partition coefficient (Wildman–Crippen LogP) is 1.55. The van der Waals surface area contributed by atoms with Gasteiger partial charge < -0.3 is 10.4 Å². The van der Waals surface area contributed by atoms with Gasteiger partial charge in [-0.2, -0.15) is 13.2 Å². The quantitative estimate of drug-likeness (QED) is 0.792. The van der Waals surface area contributed by atoms with E-state index in [1.807, 2.05) is 5.32 Å². The van der Waals surface area contributed by atoms with Crippen LogP contribution in [-0.4, -0.2) is 23.3 Å². The fourth-order valence-corrected chi connectivity index (χ4v) is 0.881. The van der Waals surface area contributed by atoms with Crippen molar-refractivity contribution in [1.29, 1.82) is 0 Å². The number of para-hydroxylation sites is 1. The Morgan fingerprint density at radius 2 is 1.80 bits per heavy atom. The van der Waals surface area contributed by atoms with Crippen LogP contribution in [-0.2, 0) is 4.79 Å². The number of carbonyl (C=O) groups excluding carboxylic acids is 1. The molecule has 1 aromatic carbocycles. The summed E-state index contributed by atoms with van der Waals surface area (Å²) in [5.41, 5.74) is 0.200. The van der Waals surface area contributed by atoms with E-state index in [0.717, 1.165) is 0 Å². The first kappa shape index (κ1) is 11.5. The van der Waals surface area contributed by atoms with Gasteiger partial charge in [-0.15, -0.1) is 0 Å². The average molecular weight is 219 g/mol. The number of nitrogens with one attached hydrogen (secondary N) is 1. The van der Waals surface area contributed by atoms with Crippen molar-refractivity contribution in [3.8, 4) is 0 Å². The van der Waals surface area contributed by atoms with Crippen molar-refractivity contribution in [2.24, 2.45) is 0 Å². The van der Waals surface area contributed by atoms with E-state index in [4.69, 9.17) is 5.11 Å². The van der Waals surface area contributed by atoms with Crippen LogP contribution in [0.15, 0.2) is 30.3 Å². The molecule has 0 aromatic heterocycles. The number of carbonyl (C=O) groups is 1. The normalized spacial score (nSPS) is 13.3. The lowest BCUT2D eigenvalue weighted by Crippen LogP contribution is -2.40. The third-order valence-corrected chi connectivity index (χ3v) is 1.60. The summed E-state index contributed by atoms with van der Waals surface area (Å²) < 4.78 is 35.7. The van der Waals surface area contributed by atoms with Gasteiger partial charge in [0.15, 0.2) is 0 Å². The molecule has 0 bridgehead atoms. The largest absolute Gasteiger partial charge is 0.423 e. The van der Waals surface area contributed by atoms with Crippen LogP contribution in [0.1, 0.15) is 0 Å². The van der Waals surface area contributed by atoms with E-state index in [1.165, 1.54) is 12.1 Å². The molecule has 0 unspecified atom stereocenters. The molecule has 0 heterocycles. The van der Waals surface area contributed by atoms with E-state index in [-0.39, 0.29) is 5.69 Å². The molecule has 15 heavy (non-hydrogen) atoms. The summed E-state index contributed by atoms with van der Waals surface area (Å²) >= 11 is 0. The first-order chi connectivity index (χ1) is 6.91. The Hall–Kier alpha value is -1.56. The molecule has 0 saturated carbocycles. The minimum atomic E-state index is -4.95. The van der Waals surface area contributed by atoms with Gasteiger partial charge in [-0.3, -0.25) is 4.79 Å². The van der Waals surface area contributed by atoms with Gasteiger partial charge in [-0.25, -0.2) is 0 Å². The molecule has 1 aromatic rings. The van der Waals surface area contributed by atoms with Gasteiger partial charge in [0, 0.05) is 5.69 Å². The molecular formula is C9H8F3NO2. The monoisotopic (exact) mass is 219 g/mol. The second-order valence-corrected chi connectivity index (χ2v) is 2.80. The first-order valence-electron chi connectivity index (χ1n) is 4.02. The predicted molar refractivity (Wildman–Crippen MR) is 47.1 cm³/mol. The van der Waals surface area contributed by atoms with E-state index in [0.29, 0.717) is 0 Å². The summed E-state index contributed by atoms with van der Waals surface area (Å²) in [6.07, 6.45) is -7.95. The molecule has 0 fully saturated rings. The molecule has 82 valence electrons. The van der Waals surface area contributed by atoms with Crippen LogP contribution in [0, 0.1) is 0 Å². The van der Waals surface area contributed by atoms with Gasteiger partial charge in [0.05, 0.1) is 0 Å². The third kappa shape index (κ3) is 3.25. The van der Waals surface area contributed by atoms with Gasteiger partial charge >= 0.3 is 6.18 Å². The van der Waals surface area contributed by atoms with Crippen LogP contribution in [0.25, 0.3) is 0 Å². The highest BCUT2D eigenvalue weighted by molar-refractivity contribution is 5.94. The maximum Gasteiger partial charge on any atom is 0.423 e. The number of benzene rings is 1. The number of aliphatic hydroxyl groups is 1. The van der Waals surface area contributed by atoms with Crippen LogP contribution in [0.3, 0.4) is 0 Å². The summed E-state index contributed by atoms with van der Waals surface area (Å²) in [5.74, 6) is -1.49. The van der Waals surface area contributed by atoms with Gasteiger partial charge in [-0.1, -0.05) is 18.2 Å². The Bertz CT molecular complexity index is 337. The molecule has 0 aliphatic carbocycles. The number of rotatable bonds is 2. The lowest BCUT2D eigenvalue weighted by atomic mass is 10.3. The maximum absolute atomic E-state index is 11.9. The van der Waals surface area contributed by atoms with E-state index in [2.05, 4.69) is 0 Å². The summed E-state index contributed by atoms with van der Waals surface area (Å²) in [6, 6.07) is 7.59. The minimum absolute atomic E-state index is 0.200. The fourth-order valence-electron chi connectivity index (χ4n) is 0.881. The highest BCUT2D eigenvalue weighted by Crippen LogP contribution is 2.21. The number of hydrogen-bond acceptors (Lipinski definition) is 2. The molecule has 0 radical (unpaired) electrons. The van der Waals surface area contributed by atoms with Gasteiger partial charge in [-0.05, 0) is 12.1 Å². The first-order valence-corrected chi connectivity index (χ1v) is 4.02. The average Bonchev–Trinajstić information content (AvgIpc) is 2.16. The van der Waals surface area contributed by atoms with Gasteiger partial charge in [0.1, 0.15) is 0 Å².